The number of aromatic nitrogens is 2. The molecule has 94 valence electrons. The van der Waals surface area contributed by atoms with E-state index in [0.29, 0.717) is 18.1 Å². The summed E-state index contributed by atoms with van der Waals surface area (Å²) in [5.41, 5.74) is 0.904. The predicted octanol–water partition coefficient (Wildman–Crippen LogP) is 1.84. The number of nitrogens with zero attached hydrogens (tertiary/aromatic N) is 1. The molecule has 0 aliphatic heterocycles. The molecule has 2 rings (SSSR count). The Morgan fingerprint density at radius 1 is 1.33 bits per heavy atom. The summed E-state index contributed by atoms with van der Waals surface area (Å²) in [6, 6.07) is 7.41. The van der Waals surface area contributed by atoms with Gasteiger partial charge in [-0.05, 0) is 19.1 Å². The molecule has 2 aromatic rings. The molecule has 0 unspecified atom stereocenters. The van der Waals surface area contributed by atoms with E-state index in [1.165, 1.54) is 13.4 Å². The lowest BCUT2D eigenvalue weighted by Gasteiger charge is -2.11. The molecule has 0 radical (unpaired) electrons. The maximum Gasteiger partial charge on any atom is 0.293 e. The lowest BCUT2D eigenvalue weighted by molar-refractivity contribution is 0.341. The van der Waals surface area contributed by atoms with Crippen LogP contribution in [0.1, 0.15) is 6.92 Å². The van der Waals surface area contributed by atoms with E-state index < -0.39 is 0 Å². The predicted molar refractivity (Wildman–Crippen MR) is 68.0 cm³/mol. The van der Waals surface area contributed by atoms with Crippen molar-refractivity contribution in [3.8, 4) is 22.8 Å². The fourth-order valence-corrected chi connectivity index (χ4v) is 1.71. The van der Waals surface area contributed by atoms with Crippen LogP contribution in [0.4, 0.5) is 0 Å². The molecule has 5 nitrogen and oxygen atoms in total. The van der Waals surface area contributed by atoms with E-state index in [1.54, 1.807) is 0 Å². The second-order valence-corrected chi connectivity index (χ2v) is 3.54. The Balaban J connectivity index is 2.62. The van der Waals surface area contributed by atoms with Crippen molar-refractivity contribution in [2.75, 3.05) is 13.7 Å². The van der Waals surface area contributed by atoms with Crippen molar-refractivity contribution in [1.82, 2.24) is 9.97 Å². The van der Waals surface area contributed by atoms with Gasteiger partial charge in [-0.3, -0.25) is 4.79 Å². The molecule has 1 aromatic carbocycles. The molecule has 0 aliphatic carbocycles. The van der Waals surface area contributed by atoms with Gasteiger partial charge in [-0.15, -0.1) is 0 Å². The van der Waals surface area contributed by atoms with Crippen molar-refractivity contribution < 1.29 is 9.47 Å². The third-order valence-electron chi connectivity index (χ3n) is 2.46. The fraction of sp³-hybridized carbons (Fsp3) is 0.231. The zero-order valence-electron chi connectivity index (χ0n) is 10.3. The van der Waals surface area contributed by atoms with Crippen LogP contribution in [-0.2, 0) is 0 Å². The number of hydrogen-bond acceptors (Lipinski definition) is 4. The normalized spacial score (nSPS) is 10.1. The van der Waals surface area contributed by atoms with Crippen LogP contribution in [0.5, 0.6) is 11.5 Å². The first kappa shape index (κ1) is 12.2. The SMILES string of the molecule is CCOc1ccccc1-c1nc[nH]c(=O)c1OC. The maximum absolute atomic E-state index is 11.7. The lowest BCUT2D eigenvalue weighted by Crippen LogP contribution is -2.11. The number of aromatic amines is 1. The topological polar surface area (TPSA) is 64.2 Å². The third kappa shape index (κ3) is 2.20. The van der Waals surface area contributed by atoms with E-state index in [-0.39, 0.29) is 11.3 Å². The van der Waals surface area contributed by atoms with Crippen LogP contribution in [0.3, 0.4) is 0 Å². The van der Waals surface area contributed by atoms with Gasteiger partial charge in [-0.1, -0.05) is 12.1 Å². The minimum atomic E-state index is -0.311. The first-order chi connectivity index (χ1) is 8.77. The van der Waals surface area contributed by atoms with Gasteiger partial charge in [0.1, 0.15) is 11.4 Å². The summed E-state index contributed by atoms with van der Waals surface area (Å²) >= 11 is 0. The van der Waals surface area contributed by atoms with Crippen LogP contribution in [0.2, 0.25) is 0 Å². The summed E-state index contributed by atoms with van der Waals surface area (Å²) in [4.78, 5) is 18.3. The number of rotatable bonds is 4. The minimum Gasteiger partial charge on any atom is -0.493 e. The molecule has 0 bridgehead atoms. The zero-order chi connectivity index (χ0) is 13.0. The highest BCUT2D eigenvalue weighted by atomic mass is 16.5. The zero-order valence-corrected chi connectivity index (χ0v) is 10.3. The Bertz CT molecular complexity index is 593. The van der Waals surface area contributed by atoms with Crippen LogP contribution >= 0.6 is 0 Å². The van der Waals surface area contributed by atoms with Crippen LogP contribution in [0.25, 0.3) is 11.3 Å². The number of benzene rings is 1. The van der Waals surface area contributed by atoms with E-state index in [0.717, 1.165) is 5.56 Å². The molecule has 0 saturated carbocycles. The summed E-state index contributed by atoms with van der Waals surface area (Å²) in [5.74, 6) is 0.862. The van der Waals surface area contributed by atoms with Gasteiger partial charge in [0.05, 0.1) is 20.0 Å². The monoisotopic (exact) mass is 246 g/mol. The molecule has 18 heavy (non-hydrogen) atoms. The second kappa shape index (κ2) is 5.35. The van der Waals surface area contributed by atoms with E-state index in [4.69, 9.17) is 9.47 Å². The second-order valence-electron chi connectivity index (χ2n) is 3.54. The smallest absolute Gasteiger partial charge is 0.293 e. The van der Waals surface area contributed by atoms with Crippen molar-refractivity contribution >= 4 is 0 Å². The Hall–Kier alpha value is -2.30. The number of nitrogens with one attached hydrogen (secondary N) is 1. The Labute approximate surface area is 104 Å². The van der Waals surface area contributed by atoms with Crippen LogP contribution in [0.15, 0.2) is 35.4 Å². The van der Waals surface area contributed by atoms with E-state index >= 15 is 0 Å². The first-order valence-corrected chi connectivity index (χ1v) is 5.61. The largest absolute Gasteiger partial charge is 0.493 e. The van der Waals surface area contributed by atoms with Gasteiger partial charge in [0.2, 0.25) is 5.75 Å². The van der Waals surface area contributed by atoms with Crippen molar-refractivity contribution in [1.29, 1.82) is 0 Å². The Kier molecular flexibility index (Phi) is 3.62. The van der Waals surface area contributed by atoms with Gasteiger partial charge in [0.15, 0.2) is 0 Å². The van der Waals surface area contributed by atoms with Crippen LogP contribution < -0.4 is 15.0 Å². The van der Waals surface area contributed by atoms with Gasteiger partial charge in [-0.25, -0.2) is 4.98 Å². The Morgan fingerprint density at radius 2 is 2.11 bits per heavy atom. The molecule has 5 heteroatoms. The van der Waals surface area contributed by atoms with Crippen LogP contribution in [-0.4, -0.2) is 23.7 Å². The van der Waals surface area contributed by atoms with Crippen LogP contribution in [0, 0.1) is 0 Å². The molecule has 0 saturated heterocycles. The molecule has 0 fully saturated rings. The van der Waals surface area contributed by atoms with E-state index in [2.05, 4.69) is 9.97 Å². The van der Waals surface area contributed by atoms with Gasteiger partial charge in [0.25, 0.3) is 5.56 Å². The summed E-state index contributed by atoms with van der Waals surface area (Å²) < 4.78 is 10.6. The maximum atomic E-state index is 11.7. The summed E-state index contributed by atoms with van der Waals surface area (Å²) in [6.07, 6.45) is 1.35. The molecular formula is C13H14N2O3. The average molecular weight is 246 g/mol. The molecular weight excluding hydrogens is 232 g/mol. The molecule has 1 aromatic heterocycles. The molecule has 0 aliphatic rings. The molecule has 0 spiro atoms. The average Bonchev–Trinajstić information content (AvgIpc) is 2.39. The van der Waals surface area contributed by atoms with Gasteiger partial charge in [-0.2, -0.15) is 0 Å². The fourth-order valence-electron chi connectivity index (χ4n) is 1.71. The first-order valence-electron chi connectivity index (χ1n) is 5.61. The van der Waals surface area contributed by atoms with Gasteiger partial charge >= 0.3 is 0 Å². The highest BCUT2D eigenvalue weighted by Gasteiger charge is 2.14. The number of para-hydroxylation sites is 1. The van der Waals surface area contributed by atoms with Gasteiger partial charge < -0.3 is 14.5 Å². The number of H-pyrrole nitrogens is 1. The molecule has 0 amide bonds. The Morgan fingerprint density at radius 3 is 2.83 bits per heavy atom. The van der Waals surface area contributed by atoms with Crippen molar-refractivity contribution in [3.63, 3.8) is 0 Å². The van der Waals surface area contributed by atoms with Crippen molar-refractivity contribution in [2.24, 2.45) is 0 Å². The standard InChI is InChI=1S/C13H14N2O3/c1-3-18-10-7-5-4-6-9(10)11-12(17-2)13(16)15-8-14-11/h4-8H,3H2,1-2H3,(H,14,15,16). The minimum absolute atomic E-state index is 0.185. The van der Waals surface area contributed by atoms with Crippen molar-refractivity contribution in [3.05, 3.63) is 40.9 Å². The quantitative estimate of drug-likeness (QED) is 0.894. The van der Waals surface area contributed by atoms with E-state index in [1.807, 2.05) is 31.2 Å². The lowest BCUT2D eigenvalue weighted by atomic mass is 10.1. The highest BCUT2D eigenvalue weighted by molar-refractivity contribution is 5.71. The highest BCUT2D eigenvalue weighted by Crippen LogP contribution is 2.32. The number of methoxy groups -OCH3 is 1. The van der Waals surface area contributed by atoms with E-state index in [9.17, 15) is 4.79 Å². The summed E-state index contributed by atoms with van der Waals surface area (Å²) in [5, 5.41) is 0. The summed E-state index contributed by atoms with van der Waals surface area (Å²) in [7, 11) is 1.44. The summed E-state index contributed by atoms with van der Waals surface area (Å²) in [6.45, 7) is 2.45. The molecule has 0 atom stereocenters. The number of hydrogen-bond donors (Lipinski definition) is 1. The molecule has 1 heterocycles. The van der Waals surface area contributed by atoms with Gasteiger partial charge in [0, 0.05) is 5.56 Å². The number of ether oxygens (including phenoxy) is 2. The molecule has 1 N–H and O–H groups in total. The van der Waals surface area contributed by atoms with Crippen molar-refractivity contribution in [2.45, 2.75) is 6.92 Å². The third-order valence-corrected chi connectivity index (χ3v) is 2.46.